The van der Waals surface area contributed by atoms with Crippen molar-refractivity contribution in [1.29, 1.82) is 0 Å². The molecule has 3 nitrogen and oxygen atoms in total. The van der Waals surface area contributed by atoms with Crippen molar-refractivity contribution in [2.24, 2.45) is 5.73 Å². The largest absolute Gasteiger partial charge is 0.349 e. The van der Waals surface area contributed by atoms with E-state index in [0.717, 1.165) is 19.3 Å². The Morgan fingerprint density at radius 3 is 2.80 bits per heavy atom. The van der Waals surface area contributed by atoms with Gasteiger partial charge in [0, 0.05) is 6.04 Å². The summed E-state index contributed by atoms with van der Waals surface area (Å²) in [6.45, 7) is 0.474. The van der Waals surface area contributed by atoms with Gasteiger partial charge in [0.25, 0.3) is 0 Å². The van der Waals surface area contributed by atoms with Gasteiger partial charge in [0.2, 0.25) is 0 Å². The minimum absolute atomic E-state index is 0.295. The van der Waals surface area contributed by atoms with Crippen LogP contribution >= 0.6 is 0 Å². The maximum Gasteiger partial charge on any atom is 0.147 e. The zero-order valence-electron chi connectivity index (χ0n) is 5.95. The predicted octanol–water partition coefficient (Wildman–Crippen LogP) is 0.239. The normalized spacial score (nSPS) is 47.1. The van der Waals surface area contributed by atoms with Gasteiger partial charge >= 0.3 is 0 Å². The van der Waals surface area contributed by atoms with Crippen molar-refractivity contribution in [2.45, 2.75) is 37.5 Å². The second-order valence-electron chi connectivity index (χ2n) is 3.10. The molecule has 1 aliphatic heterocycles. The van der Waals surface area contributed by atoms with Gasteiger partial charge in [-0.3, -0.25) is 0 Å². The molecule has 1 heterocycles. The third-order valence-electron chi connectivity index (χ3n) is 2.34. The maximum atomic E-state index is 5.76. The highest BCUT2D eigenvalue weighted by molar-refractivity contribution is 4.85. The Kier molecular flexibility index (Phi) is 1.64. The lowest BCUT2D eigenvalue weighted by Gasteiger charge is -2.26. The Balaban J connectivity index is 1.96. The highest BCUT2D eigenvalue weighted by Gasteiger charge is 2.34. The summed E-state index contributed by atoms with van der Waals surface area (Å²) in [5, 5.41) is 0. The van der Waals surface area contributed by atoms with Crippen LogP contribution in [-0.2, 0) is 9.47 Å². The van der Waals surface area contributed by atoms with Crippen molar-refractivity contribution in [1.82, 2.24) is 0 Å². The molecular formula is C7H13NO2. The fourth-order valence-corrected chi connectivity index (χ4v) is 1.71. The molecule has 1 aliphatic carbocycles. The lowest BCUT2D eigenvalue weighted by Crippen LogP contribution is -2.37. The topological polar surface area (TPSA) is 44.5 Å². The lowest BCUT2D eigenvalue weighted by molar-refractivity contribution is 0.0394. The molecule has 0 bridgehead atoms. The second kappa shape index (κ2) is 2.49. The zero-order chi connectivity index (χ0) is 6.97. The molecule has 3 atom stereocenters. The molecule has 2 N–H and O–H groups in total. The van der Waals surface area contributed by atoms with E-state index in [2.05, 4.69) is 0 Å². The quantitative estimate of drug-likeness (QED) is 0.528. The van der Waals surface area contributed by atoms with Crippen LogP contribution in [0.1, 0.15) is 19.3 Å². The Labute approximate surface area is 60.5 Å². The van der Waals surface area contributed by atoms with Gasteiger partial charge < -0.3 is 15.2 Å². The van der Waals surface area contributed by atoms with Gasteiger partial charge in [-0.1, -0.05) is 0 Å². The van der Waals surface area contributed by atoms with Crippen LogP contribution in [0, 0.1) is 0 Å². The van der Waals surface area contributed by atoms with E-state index < -0.39 is 0 Å². The summed E-state index contributed by atoms with van der Waals surface area (Å²) < 4.78 is 10.7. The van der Waals surface area contributed by atoms with E-state index in [-0.39, 0.29) is 0 Å². The molecular weight excluding hydrogens is 130 g/mol. The first-order valence-corrected chi connectivity index (χ1v) is 3.85. The number of nitrogens with two attached hydrogens (primary N) is 1. The van der Waals surface area contributed by atoms with E-state index in [9.17, 15) is 0 Å². The molecule has 3 heteroatoms. The molecule has 0 aromatic heterocycles. The lowest BCUT2D eigenvalue weighted by atomic mass is 9.91. The second-order valence-corrected chi connectivity index (χ2v) is 3.10. The van der Waals surface area contributed by atoms with Crippen molar-refractivity contribution in [3.8, 4) is 0 Å². The van der Waals surface area contributed by atoms with Crippen molar-refractivity contribution in [3.05, 3.63) is 0 Å². The molecule has 10 heavy (non-hydrogen) atoms. The summed E-state index contributed by atoms with van der Waals surface area (Å²) in [6.07, 6.45) is 3.78. The van der Waals surface area contributed by atoms with Gasteiger partial charge in [0.1, 0.15) is 6.79 Å². The number of fused-ring (bicyclic) bond motifs is 1. The SMILES string of the molecule is NC1CCC2OCOC2C1. The van der Waals surface area contributed by atoms with E-state index >= 15 is 0 Å². The number of ether oxygens (including phenoxy) is 2. The van der Waals surface area contributed by atoms with Crippen LogP contribution in [0.5, 0.6) is 0 Å². The van der Waals surface area contributed by atoms with Crippen molar-refractivity contribution < 1.29 is 9.47 Å². The van der Waals surface area contributed by atoms with Crippen LogP contribution in [-0.4, -0.2) is 25.0 Å². The fourth-order valence-electron chi connectivity index (χ4n) is 1.71. The molecule has 0 radical (unpaired) electrons. The monoisotopic (exact) mass is 143 g/mol. The van der Waals surface area contributed by atoms with E-state index in [4.69, 9.17) is 15.2 Å². The van der Waals surface area contributed by atoms with Gasteiger partial charge in [0.05, 0.1) is 12.2 Å². The Hall–Kier alpha value is -0.120. The Bertz CT molecular complexity index is 129. The first-order chi connectivity index (χ1) is 4.86. The van der Waals surface area contributed by atoms with Gasteiger partial charge in [-0.2, -0.15) is 0 Å². The average molecular weight is 143 g/mol. The number of hydrogen-bond acceptors (Lipinski definition) is 3. The summed E-state index contributed by atoms with van der Waals surface area (Å²) in [5.74, 6) is 0. The summed E-state index contributed by atoms with van der Waals surface area (Å²) in [7, 11) is 0. The Morgan fingerprint density at radius 2 is 1.90 bits per heavy atom. The molecule has 0 amide bonds. The van der Waals surface area contributed by atoms with Gasteiger partial charge in [-0.05, 0) is 19.3 Å². The molecule has 3 unspecified atom stereocenters. The van der Waals surface area contributed by atoms with Gasteiger partial charge in [-0.25, -0.2) is 0 Å². The minimum atomic E-state index is 0.295. The predicted molar refractivity (Wildman–Crippen MR) is 36.4 cm³/mol. The third-order valence-corrected chi connectivity index (χ3v) is 2.34. The highest BCUT2D eigenvalue weighted by atomic mass is 16.7. The standard InChI is InChI=1S/C7H13NO2/c8-5-1-2-6-7(3-5)10-4-9-6/h5-7H,1-4,8H2. The van der Waals surface area contributed by atoms with E-state index in [0.29, 0.717) is 25.0 Å². The summed E-state index contributed by atoms with van der Waals surface area (Å²) >= 11 is 0. The molecule has 0 spiro atoms. The smallest absolute Gasteiger partial charge is 0.147 e. The van der Waals surface area contributed by atoms with Crippen LogP contribution in [0.2, 0.25) is 0 Å². The first kappa shape index (κ1) is 6.58. The van der Waals surface area contributed by atoms with Gasteiger partial charge in [0.15, 0.2) is 0 Å². The summed E-state index contributed by atoms with van der Waals surface area (Å²) in [4.78, 5) is 0. The molecule has 2 aliphatic rings. The fraction of sp³-hybridized carbons (Fsp3) is 1.00. The molecule has 0 aromatic rings. The van der Waals surface area contributed by atoms with Crippen LogP contribution in [0.4, 0.5) is 0 Å². The zero-order valence-corrected chi connectivity index (χ0v) is 5.95. The van der Waals surface area contributed by atoms with Crippen molar-refractivity contribution in [2.75, 3.05) is 6.79 Å². The summed E-state index contributed by atoms with van der Waals surface area (Å²) in [5.41, 5.74) is 5.76. The summed E-state index contributed by atoms with van der Waals surface area (Å²) in [6, 6.07) is 0.336. The van der Waals surface area contributed by atoms with Gasteiger partial charge in [-0.15, -0.1) is 0 Å². The van der Waals surface area contributed by atoms with E-state index in [1.807, 2.05) is 0 Å². The van der Waals surface area contributed by atoms with Crippen LogP contribution in [0.15, 0.2) is 0 Å². The van der Waals surface area contributed by atoms with Crippen LogP contribution in [0.3, 0.4) is 0 Å². The first-order valence-electron chi connectivity index (χ1n) is 3.85. The van der Waals surface area contributed by atoms with Crippen LogP contribution in [0.25, 0.3) is 0 Å². The van der Waals surface area contributed by atoms with Crippen molar-refractivity contribution in [3.63, 3.8) is 0 Å². The Morgan fingerprint density at radius 1 is 1.10 bits per heavy atom. The molecule has 2 fully saturated rings. The van der Waals surface area contributed by atoms with E-state index in [1.165, 1.54) is 0 Å². The number of hydrogen-bond donors (Lipinski definition) is 1. The molecule has 2 rings (SSSR count). The van der Waals surface area contributed by atoms with Crippen molar-refractivity contribution >= 4 is 0 Å². The molecule has 1 saturated carbocycles. The minimum Gasteiger partial charge on any atom is -0.349 e. The molecule has 1 saturated heterocycles. The average Bonchev–Trinajstić information content (AvgIpc) is 2.33. The van der Waals surface area contributed by atoms with Crippen LogP contribution < -0.4 is 5.73 Å². The molecule has 58 valence electrons. The number of rotatable bonds is 0. The highest BCUT2D eigenvalue weighted by Crippen LogP contribution is 2.27. The van der Waals surface area contributed by atoms with E-state index in [1.54, 1.807) is 0 Å². The maximum absolute atomic E-state index is 5.76. The molecule has 0 aromatic carbocycles. The third kappa shape index (κ3) is 1.05.